The maximum absolute atomic E-state index is 6.45. The molecule has 1 saturated heterocycles. The summed E-state index contributed by atoms with van der Waals surface area (Å²) in [6.45, 7) is 1.40. The molecule has 0 amide bonds. The average Bonchev–Trinajstić information content (AvgIpc) is 2.38. The van der Waals surface area contributed by atoms with Crippen molar-refractivity contribution in [1.82, 2.24) is 0 Å². The normalized spacial score (nSPS) is 18.8. The monoisotopic (exact) mass is 237 g/mol. The van der Waals surface area contributed by atoms with Gasteiger partial charge in [-0.15, -0.1) is 0 Å². The van der Waals surface area contributed by atoms with Crippen LogP contribution < -0.4 is 15.2 Å². The number of ether oxygens (including phenoxy) is 3. The molecule has 17 heavy (non-hydrogen) atoms. The molecule has 0 spiro atoms. The molecule has 0 aliphatic carbocycles. The Kier molecular flexibility index (Phi) is 3.54. The first-order valence-electron chi connectivity index (χ1n) is 5.79. The van der Waals surface area contributed by atoms with Gasteiger partial charge < -0.3 is 19.9 Å². The van der Waals surface area contributed by atoms with E-state index in [1.165, 1.54) is 0 Å². The minimum absolute atomic E-state index is 0.351. The van der Waals surface area contributed by atoms with Crippen LogP contribution >= 0.6 is 0 Å². The van der Waals surface area contributed by atoms with E-state index < -0.39 is 0 Å². The van der Waals surface area contributed by atoms with Gasteiger partial charge in [-0.05, 0) is 25.0 Å². The zero-order chi connectivity index (χ0) is 12.3. The Morgan fingerprint density at radius 1 is 1.18 bits per heavy atom. The van der Waals surface area contributed by atoms with E-state index in [0.29, 0.717) is 13.2 Å². The van der Waals surface area contributed by atoms with E-state index in [0.717, 1.165) is 29.9 Å². The van der Waals surface area contributed by atoms with E-state index in [1.807, 2.05) is 18.2 Å². The molecular formula is C13H19NO3. The Hall–Kier alpha value is -1.26. The van der Waals surface area contributed by atoms with Crippen LogP contribution in [0.25, 0.3) is 0 Å². The van der Waals surface area contributed by atoms with Gasteiger partial charge in [-0.2, -0.15) is 0 Å². The smallest absolute Gasteiger partial charge is 0.127 e. The number of nitrogens with two attached hydrogens (primary N) is 1. The third kappa shape index (κ3) is 2.37. The molecule has 0 atom stereocenters. The summed E-state index contributed by atoms with van der Waals surface area (Å²) in [7, 11) is 3.29. The SMILES string of the molecule is COc1ccc(C2(N)CCOCC2)c(OC)c1. The molecule has 4 nitrogen and oxygen atoms in total. The van der Waals surface area contributed by atoms with Crippen molar-refractivity contribution < 1.29 is 14.2 Å². The van der Waals surface area contributed by atoms with E-state index in [1.54, 1.807) is 14.2 Å². The lowest BCUT2D eigenvalue weighted by molar-refractivity contribution is 0.0514. The summed E-state index contributed by atoms with van der Waals surface area (Å²) in [5, 5.41) is 0. The number of rotatable bonds is 3. The van der Waals surface area contributed by atoms with Crippen molar-refractivity contribution in [2.75, 3.05) is 27.4 Å². The van der Waals surface area contributed by atoms with Crippen molar-refractivity contribution in [3.63, 3.8) is 0 Å². The second kappa shape index (κ2) is 4.94. The summed E-state index contributed by atoms with van der Waals surface area (Å²) in [6.07, 6.45) is 1.63. The van der Waals surface area contributed by atoms with Gasteiger partial charge in [0, 0.05) is 30.4 Å². The number of methoxy groups -OCH3 is 2. The van der Waals surface area contributed by atoms with Gasteiger partial charge >= 0.3 is 0 Å². The molecule has 0 unspecified atom stereocenters. The highest BCUT2D eigenvalue weighted by Crippen LogP contribution is 2.37. The van der Waals surface area contributed by atoms with Gasteiger partial charge in [-0.3, -0.25) is 0 Å². The van der Waals surface area contributed by atoms with Crippen molar-refractivity contribution in [3.05, 3.63) is 23.8 Å². The van der Waals surface area contributed by atoms with Crippen LogP contribution in [0.15, 0.2) is 18.2 Å². The molecule has 0 bridgehead atoms. The minimum Gasteiger partial charge on any atom is -0.497 e. The van der Waals surface area contributed by atoms with Crippen LogP contribution in [0.3, 0.4) is 0 Å². The summed E-state index contributed by atoms with van der Waals surface area (Å²) < 4.78 is 16.0. The highest BCUT2D eigenvalue weighted by Gasteiger charge is 2.32. The van der Waals surface area contributed by atoms with Crippen molar-refractivity contribution in [2.45, 2.75) is 18.4 Å². The van der Waals surface area contributed by atoms with E-state index in [9.17, 15) is 0 Å². The van der Waals surface area contributed by atoms with Crippen LogP contribution in [-0.2, 0) is 10.3 Å². The minimum atomic E-state index is -0.351. The molecule has 1 heterocycles. The van der Waals surface area contributed by atoms with Gasteiger partial charge in [0.15, 0.2) is 0 Å². The van der Waals surface area contributed by atoms with E-state index in [2.05, 4.69) is 0 Å². The summed E-state index contributed by atoms with van der Waals surface area (Å²) in [4.78, 5) is 0. The third-order valence-corrected chi connectivity index (χ3v) is 3.33. The number of hydrogen-bond acceptors (Lipinski definition) is 4. The van der Waals surface area contributed by atoms with Gasteiger partial charge in [0.1, 0.15) is 11.5 Å². The fourth-order valence-corrected chi connectivity index (χ4v) is 2.21. The number of hydrogen-bond donors (Lipinski definition) is 1. The first kappa shape index (κ1) is 12.2. The van der Waals surface area contributed by atoms with Crippen LogP contribution in [0.1, 0.15) is 18.4 Å². The molecule has 1 aromatic rings. The predicted molar refractivity (Wildman–Crippen MR) is 65.5 cm³/mol. The van der Waals surface area contributed by atoms with Crippen molar-refractivity contribution in [2.24, 2.45) is 5.73 Å². The van der Waals surface area contributed by atoms with Crippen LogP contribution in [0.2, 0.25) is 0 Å². The first-order valence-corrected chi connectivity index (χ1v) is 5.79. The second-order valence-corrected chi connectivity index (χ2v) is 4.33. The zero-order valence-electron chi connectivity index (χ0n) is 10.4. The standard InChI is InChI=1S/C13H19NO3/c1-15-10-3-4-11(12(9-10)16-2)13(14)5-7-17-8-6-13/h3-4,9H,5-8,14H2,1-2H3. The van der Waals surface area contributed by atoms with Gasteiger partial charge in [0.2, 0.25) is 0 Å². The van der Waals surface area contributed by atoms with E-state index in [4.69, 9.17) is 19.9 Å². The number of benzene rings is 1. The Labute approximate surface area is 102 Å². The first-order chi connectivity index (χ1) is 8.19. The quantitative estimate of drug-likeness (QED) is 0.868. The van der Waals surface area contributed by atoms with E-state index in [-0.39, 0.29) is 5.54 Å². The molecule has 4 heteroatoms. The molecule has 1 aliphatic rings. The van der Waals surface area contributed by atoms with Gasteiger partial charge in [-0.25, -0.2) is 0 Å². The molecule has 1 aliphatic heterocycles. The average molecular weight is 237 g/mol. The van der Waals surface area contributed by atoms with E-state index >= 15 is 0 Å². The summed E-state index contributed by atoms with van der Waals surface area (Å²) in [5.41, 5.74) is 7.13. The maximum atomic E-state index is 6.45. The van der Waals surface area contributed by atoms with Crippen molar-refractivity contribution >= 4 is 0 Å². The zero-order valence-corrected chi connectivity index (χ0v) is 10.4. The third-order valence-electron chi connectivity index (χ3n) is 3.33. The molecule has 1 fully saturated rings. The van der Waals surface area contributed by atoms with Crippen LogP contribution in [0, 0.1) is 0 Å². The van der Waals surface area contributed by atoms with Gasteiger partial charge in [0.25, 0.3) is 0 Å². The summed E-state index contributed by atoms with van der Waals surface area (Å²) in [5.74, 6) is 1.56. The molecule has 2 rings (SSSR count). The van der Waals surface area contributed by atoms with Gasteiger partial charge in [-0.1, -0.05) is 0 Å². The largest absolute Gasteiger partial charge is 0.497 e. The lowest BCUT2D eigenvalue weighted by Gasteiger charge is -2.34. The Balaban J connectivity index is 2.36. The molecular weight excluding hydrogens is 218 g/mol. The molecule has 0 saturated carbocycles. The topological polar surface area (TPSA) is 53.7 Å². The molecule has 1 aromatic carbocycles. The molecule has 2 N–H and O–H groups in total. The Morgan fingerprint density at radius 3 is 2.47 bits per heavy atom. The van der Waals surface area contributed by atoms with Crippen LogP contribution in [-0.4, -0.2) is 27.4 Å². The lowest BCUT2D eigenvalue weighted by atomic mass is 9.83. The van der Waals surface area contributed by atoms with Crippen molar-refractivity contribution in [1.29, 1.82) is 0 Å². The maximum Gasteiger partial charge on any atom is 0.127 e. The highest BCUT2D eigenvalue weighted by molar-refractivity contribution is 5.44. The second-order valence-electron chi connectivity index (χ2n) is 4.33. The fraction of sp³-hybridized carbons (Fsp3) is 0.538. The molecule has 0 radical (unpaired) electrons. The highest BCUT2D eigenvalue weighted by atomic mass is 16.5. The van der Waals surface area contributed by atoms with Crippen molar-refractivity contribution in [3.8, 4) is 11.5 Å². The lowest BCUT2D eigenvalue weighted by Crippen LogP contribution is -2.42. The molecule has 94 valence electrons. The Morgan fingerprint density at radius 2 is 1.88 bits per heavy atom. The predicted octanol–water partition coefficient (Wildman–Crippen LogP) is 1.67. The Bertz CT molecular complexity index is 386. The van der Waals surface area contributed by atoms with Gasteiger partial charge in [0.05, 0.1) is 14.2 Å². The fourth-order valence-electron chi connectivity index (χ4n) is 2.21. The molecule has 0 aromatic heterocycles. The van der Waals surface area contributed by atoms with Crippen LogP contribution in [0.5, 0.6) is 11.5 Å². The summed E-state index contributed by atoms with van der Waals surface area (Å²) >= 11 is 0. The van der Waals surface area contributed by atoms with Crippen LogP contribution in [0.4, 0.5) is 0 Å². The summed E-state index contributed by atoms with van der Waals surface area (Å²) in [6, 6.07) is 5.78.